The maximum absolute atomic E-state index is 14.9. The Kier molecular flexibility index (Phi) is 5.47. The molecular formula is C19H19F4N5O4S. The molecule has 0 spiro atoms. The van der Waals surface area contributed by atoms with Crippen LogP contribution in [0.15, 0.2) is 46.9 Å². The van der Waals surface area contributed by atoms with Crippen molar-refractivity contribution in [2.45, 2.75) is 29.4 Å². The smallest absolute Gasteiger partial charge is 0.377 e. The number of halogens is 4. The van der Waals surface area contributed by atoms with E-state index in [2.05, 4.69) is 15.3 Å². The molecule has 1 aromatic heterocycles. The number of carbonyl (C=O) groups is 1. The highest BCUT2D eigenvalue weighted by molar-refractivity contribution is 7.90. The summed E-state index contributed by atoms with van der Waals surface area (Å²) < 4.78 is 84.9. The second kappa shape index (κ2) is 7.80. The summed E-state index contributed by atoms with van der Waals surface area (Å²) in [7, 11) is -2.76. The van der Waals surface area contributed by atoms with Crippen molar-refractivity contribution < 1.29 is 35.5 Å². The fourth-order valence-corrected chi connectivity index (χ4v) is 5.67. The van der Waals surface area contributed by atoms with Gasteiger partial charge in [0.25, 0.3) is 5.91 Å². The summed E-state index contributed by atoms with van der Waals surface area (Å²) in [6, 6.07) is 0.852. The van der Waals surface area contributed by atoms with Crippen molar-refractivity contribution in [2.24, 2.45) is 10.7 Å². The fraction of sp³-hybridized carbons (Fsp3) is 0.421. The first-order valence-electron chi connectivity index (χ1n) is 9.69. The molecule has 1 saturated heterocycles. The molecule has 3 atom stereocenters. The molecule has 14 heteroatoms. The van der Waals surface area contributed by atoms with Crippen LogP contribution in [0, 0.1) is 0 Å². The van der Waals surface area contributed by atoms with E-state index in [0.29, 0.717) is 6.20 Å². The van der Waals surface area contributed by atoms with Gasteiger partial charge in [0.05, 0.1) is 24.8 Å². The van der Waals surface area contributed by atoms with Gasteiger partial charge >= 0.3 is 6.18 Å². The second-order valence-corrected chi connectivity index (χ2v) is 9.94. The maximum Gasteiger partial charge on any atom is 0.417 e. The molecule has 3 heterocycles. The summed E-state index contributed by atoms with van der Waals surface area (Å²) >= 11 is 0. The SMILES string of the molecule is CN1C(N)=N[C@]2(C3=CC(NC(=O)c4ccc(C(F)(F)F)cn4)CC=C3F)COC[C@@H]2S1(=O)=O. The first-order valence-corrected chi connectivity index (χ1v) is 11.2. The lowest BCUT2D eigenvalue weighted by atomic mass is 9.83. The summed E-state index contributed by atoms with van der Waals surface area (Å²) in [5.41, 5.74) is 2.79. The zero-order chi connectivity index (χ0) is 24.2. The fourth-order valence-electron chi connectivity index (χ4n) is 3.98. The number of ether oxygens (including phenoxy) is 1. The van der Waals surface area contributed by atoms with Crippen molar-refractivity contribution in [3.05, 3.63) is 53.1 Å². The van der Waals surface area contributed by atoms with Gasteiger partial charge in [-0.3, -0.25) is 9.78 Å². The largest absolute Gasteiger partial charge is 0.417 e. The van der Waals surface area contributed by atoms with Crippen LogP contribution >= 0.6 is 0 Å². The van der Waals surface area contributed by atoms with Crippen molar-refractivity contribution in [3.8, 4) is 0 Å². The summed E-state index contributed by atoms with van der Waals surface area (Å²) in [4.78, 5) is 20.3. The molecule has 1 aliphatic carbocycles. The molecule has 0 aromatic carbocycles. The Morgan fingerprint density at radius 3 is 2.73 bits per heavy atom. The number of guanidine groups is 1. The number of nitrogens with one attached hydrogen (secondary N) is 1. The molecule has 33 heavy (non-hydrogen) atoms. The monoisotopic (exact) mass is 489 g/mol. The van der Waals surface area contributed by atoms with Crippen LogP contribution in [-0.4, -0.2) is 66.7 Å². The van der Waals surface area contributed by atoms with Crippen LogP contribution in [0.3, 0.4) is 0 Å². The van der Waals surface area contributed by atoms with E-state index in [4.69, 9.17) is 10.5 Å². The standard InChI is InChI=1S/C19H19F4N5O4S/c1-28-17(24)27-18(9-32-8-15(18)33(28,30)31)12-6-11(3-4-13(12)20)26-16(29)14-5-2-10(7-25-14)19(21,22)23/h2,4-7,11,15H,3,8-9H2,1H3,(H2,24,27)(H,26,29)/t11?,15-,18-/m0/s1. The first-order chi connectivity index (χ1) is 15.4. The zero-order valence-corrected chi connectivity index (χ0v) is 18.0. The molecule has 3 N–H and O–H groups in total. The number of carbonyl (C=O) groups excluding carboxylic acids is 1. The van der Waals surface area contributed by atoms with Crippen LogP contribution in [0.4, 0.5) is 17.6 Å². The van der Waals surface area contributed by atoms with Crippen molar-refractivity contribution in [1.82, 2.24) is 14.6 Å². The number of aromatic nitrogens is 1. The van der Waals surface area contributed by atoms with Crippen molar-refractivity contribution in [1.29, 1.82) is 0 Å². The number of aliphatic imine (C=N–C) groups is 1. The Morgan fingerprint density at radius 2 is 2.09 bits per heavy atom. The lowest BCUT2D eigenvalue weighted by Gasteiger charge is -2.39. The Hall–Kier alpha value is -3.00. The number of alkyl halides is 3. The Balaban J connectivity index is 1.63. The van der Waals surface area contributed by atoms with Crippen LogP contribution in [0.5, 0.6) is 0 Å². The lowest BCUT2D eigenvalue weighted by Crippen LogP contribution is -2.59. The van der Waals surface area contributed by atoms with E-state index in [1.807, 2.05) is 0 Å². The molecule has 4 rings (SSSR count). The molecule has 1 fully saturated rings. The van der Waals surface area contributed by atoms with E-state index in [0.717, 1.165) is 16.4 Å². The number of amides is 1. The minimum atomic E-state index is -4.60. The molecule has 3 aliphatic rings. The van der Waals surface area contributed by atoms with E-state index in [1.165, 1.54) is 19.2 Å². The number of sulfonamides is 1. The molecule has 0 radical (unpaired) electrons. The van der Waals surface area contributed by atoms with E-state index in [-0.39, 0.29) is 36.9 Å². The third-order valence-electron chi connectivity index (χ3n) is 5.78. The summed E-state index contributed by atoms with van der Waals surface area (Å²) in [5.74, 6) is -1.83. The number of hydrogen-bond donors (Lipinski definition) is 2. The first kappa shape index (κ1) is 23.2. The van der Waals surface area contributed by atoms with Crippen LogP contribution in [-0.2, 0) is 20.9 Å². The molecular weight excluding hydrogens is 470 g/mol. The summed E-state index contributed by atoms with van der Waals surface area (Å²) in [5, 5.41) is 1.33. The quantitative estimate of drug-likeness (QED) is 0.613. The minimum Gasteiger partial charge on any atom is -0.377 e. The Morgan fingerprint density at radius 1 is 1.36 bits per heavy atom. The molecule has 9 nitrogen and oxygen atoms in total. The second-order valence-electron chi connectivity index (χ2n) is 7.79. The number of pyridine rings is 1. The Labute approximate surface area is 186 Å². The molecule has 1 amide bonds. The summed E-state index contributed by atoms with van der Waals surface area (Å²) in [6.07, 6.45) is -1.54. The Bertz CT molecular complexity index is 1180. The van der Waals surface area contributed by atoms with Crippen LogP contribution < -0.4 is 11.1 Å². The van der Waals surface area contributed by atoms with Gasteiger partial charge in [-0.25, -0.2) is 22.1 Å². The van der Waals surface area contributed by atoms with Gasteiger partial charge in [-0.1, -0.05) is 6.08 Å². The number of nitrogens with zero attached hydrogens (tertiary/aromatic N) is 3. The molecule has 0 saturated carbocycles. The van der Waals surface area contributed by atoms with Gasteiger partial charge < -0.3 is 15.8 Å². The van der Waals surface area contributed by atoms with Crippen molar-refractivity contribution >= 4 is 21.9 Å². The normalized spacial score (nSPS) is 29.0. The highest BCUT2D eigenvalue weighted by atomic mass is 32.2. The lowest BCUT2D eigenvalue weighted by molar-refractivity contribution is -0.137. The van der Waals surface area contributed by atoms with Gasteiger partial charge in [0, 0.05) is 18.8 Å². The van der Waals surface area contributed by atoms with Gasteiger partial charge in [0.15, 0.2) is 0 Å². The van der Waals surface area contributed by atoms with Gasteiger partial charge in [0.1, 0.15) is 22.3 Å². The topological polar surface area (TPSA) is 127 Å². The van der Waals surface area contributed by atoms with Crippen molar-refractivity contribution in [2.75, 3.05) is 20.3 Å². The van der Waals surface area contributed by atoms with E-state index >= 15 is 0 Å². The summed E-state index contributed by atoms with van der Waals surface area (Å²) in [6.45, 7) is -0.458. The average molecular weight is 489 g/mol. The number of fused-ring (bicyclic) bond motifs is 1. The number of rotatable bonds is 3. The highest BCUT2D eigenvalue weighted by Crippen LogP contribution is 2.44. The maximum atomic E-state index is 14.9. The molecule has 1 unspecified atom stereocenters. The van der Waals surface area contributed by atoms with Crippen LogP contribution in [0.1, 0.15) is 22.5 Å². The number of hydrogen-bond acceptors (Lipinski definition) is 7. The van der Waals surface area contributed by atoms with Crippen LogP contribution in [0.25, 0.3) is 0 Å². The minimum absolute atomic E-state index is 0.0230. The molecule has 0 bridgehead atoms. The highest BCUT2D eigenvalue weighted by Gasteiger charge is 2.59. The van der Waals surface area contributed by atoms with Gasteiger partial charge in [-0.2, -0.15) is 13.2 Å². The molecule has 1 aromatic rings. The average Bonchev–Trinajstić information content (AvgIpc) is 3.19. The third kappa shape index (κ3) is 3.86. The predicted molar refractivity (Wildman–Crippen MR) is 108 cm³/mol. The zero-order valence-electron chi connectivity index (χ0n) is 17.1. The van der Waals surface area contributed by atoms with Gasteiger partial charge in [0.2, 0.25) is 16.0 Å². The van der Waals surface area contributed by atoms with E-state index in [1.54, 1.807) is 0 Å². The van der Waals surface area contributed by atoms with Crippen LogP contribution in [0.2, 0.25) is 0 Å². The van der Waals surface area contributed by atoms with E-state index in [9.17, 15) is 30.8 Å². The number of nitrogens with two attached hydrogens (primary N) is 1. The molecule has 178 valence electrons. The molecule has 2 aliphatic heterocycles. The van der Waals surface area contributed by atoms with Gasteiger partial charge in [-0.15, -0.1) is 0 Å². The predicted octanol–water partition coefficient (Wildman–Crippen LogP) is 1.11. The van der Waals surface area contributed by atoms with Gasteiger partial charge in [-0.05, 0) is 24.6 Å². The van der Waals surface area contributed by atoms with Crippen molar-refractivity contribution in [3.63, 3.8) is 0 Å². The third-order valence-corrected chi connectivity index (χ3v) is 7.98. The van der Waals surface area contributed by atoms with E-state index < -0.39 is 50.3 Å².